The molecular weight excluding hydrogens is 552 g/mol. The lowest BCUT2D eigenvalue weighted by Crippen LogP contribution is -2.36. The molecule has 0 radical (unpaired) electrons. The minimum Gasteiger partial charge on any atom is -0.494 e. The summed E-state index contributed by atoms with van der Waals surface area (Å²) >= 11 is 0. The second-order valence-electron chi connectivity index (χ2n) is 10.8. The van der Waals surface area contributed by atoms with Crippen LogP contribution in [0.15, 0.2) is 61.2 Å². The standard InChI is InChI=1S/C34H42O9/c1-3-5-6-7-8-11-24-12-14-25(15-13-24)33(36)42-28-22-40-32-29(23-41-31(28)32)43-34(37)26-16-18-27(19-17-26)38-20-9-10-21-39-30(35)4-2/h4,12-19,28-29,31-32H,2-3,5-11,20-23H2,1H3/t28-,29+,31+,32+/m0/s1. The molecule has 0 amide bonds. The number of carbonyl (C=O) groups excluding carboxylic acids is 3. The van der Waals surface area contributed by atoms with Gasteiger partial charge in [0.2, 0.25) is 0 Å². The SMILES string of the molecule is C=CC(=O)OCCCCOc1ccc(C(=O)O[C@@H]2CO[C@H]3[C@@H]2OC[C@@H]3OC(=O)c2ccc(CCCCCCC)cc2)cc1. The van der Waals surface area contributed by atoms with E-state index in [0.717, 1.165) is 18.9 Å². The summed E-state index contributed by atoms with van der Waals surface area (Å²) in [6.45, 7) is 6.65. The minimum absolute atomic E-state index is 0.158. The molecule has 0 N–H and O–H groups in total. The predicted octanol–water partition coefficient (Wildman–Crippen LogP) is 5.64. The molecule has 2 heterocycles. The van der Waals surface area contributed by atoms with Gasteiger partial charge in [-0.1, -0.05) is 51.3 Å². The molecule has 0 saturated carbocycles. The summed E-state index contributed by atoms with van der Waals surface area (Å²) in [4.78, 5) is 36.6. The van der Waals surface area contributed by atoms with Gasteiger partial charge in [-0.25, -0.2) is 14.4 Å². The molecule has 2 aromatic rings. The fourth-order valence-corrected chi connectivity index (χ4v) is 5.10. The van der Waals surface area contributed by atoms with E-state index in [1.807, 2.05) is 12.1 Å². The number of hydrogen-bond acceptors (Lipinski definition) is 9. The smallest absolute Gasteiger partial charge is 0.338 e. The van der Waals surface area contributed by atoms with Gasteiger partial charge in [0.1, 0.15) is 18.0 Å². The first-order valence-electron chi connectivity index (χ1n) is 15.2. The summed E-state index contributed by atoms with van der Waals surface area (Å²) in [7, 11) is 0. The van der Waals surface area contributed by atoms with Crippen molar-refractivity contribution in [2.45, 2.75) is 82.7 Å². The molecule has 0 bridgehead atoms. The number of hydrogen-bond donors (Lipinski definition) is 0. The van der Waals surface area contributed by atoms with Crippen molar-refractivity contribution in [2.75, 3.05) is 26.4 Å². The van der Waals surface area contributed by atoms with E-state index in [1.165, 1.54) is 31.2 Å². The van der Waals surface area contributed by atoms with Gasteiger partial charge < -0.3 is 28.4 Å². The van der Waals surface area contributed by atoms with Crippen molar-refractivity contribution < 1.29 is 42.8 Å². The van der Waals surface area contributed by atoms with Crippen molar-refractivity contribution in [1.82, 2.24) is 0 Å². The zero-order valence-electron chi connectivity index (χ0n) is 24.9. The molecule has 4 rings (SSSR count). The van der Waals surface area contributed by atoms with Gasteiger partial charge in [-0.15, -0.1) is 0 Å². The molecule has 2 saturated heterocycles. The maximum Gasteiger partial charge on any atom is 0.338 e. The zero-order chi connectivity index (χ0) is 30.4. The predicted molar refractivity (Wildman–Crippen MR) is 159 cm³/mol. The number of unbranched alkanes of at least 4 members (excludes halogenated alkanes) is 5. The van der Waals surface area contributed by atoms with Crippen LogP contribution in [0.2, 0.25) is 0 Å². The number of benzene rings is 2. The van der Waals surface area contributed by atoms with E-state index in [0.29, 0.717) is 42.9 Å². The highest BCUT2D eigenvalue weighted by Gasteiger charge is 2.51. The van der Waals surface area contributed by atoms with Crippen LogP contribution in [0.25, 0.3) is 0 Å². The van der Waals surface area contributed by atoms with E-state index in [1.54, 1.807) is 36.4 Å². The monoisotopic (exact) mass is 594 g/mol. The molecule has 232 valence electrons. The summed E-state index contributed by atoms with van der Waals surface area (Å²) in [6.07, 6.45) is 7.46. The maximum absolute atomic E-state index is 12.8. The Morgan fingerprint density at radius 3 is 1.91 bits per heavy atom. The Morgan fingerprint density at radius 2 is 1.33 bits per heavy atom. The van der Waals surface area contributed by atoms with Crippen LogP contribution in [0.5, 0.6) is 5.75 Å². The lowest BCUT2D eigenvalue weighted by Gasteiger charge is -2.17. The van der Waals surface area contributed by atoms with Crippen molar-refractivity contribution in [2.24, 2.45) is 0 Å². The highest BCUT2D eigenvalue weighted by molar-refractivity contribution is 5.90. The molecule has 0 aliphatic carbocycles. The Kier molecular flexibility index (Phi) is 12.6. The lowest BCUT2D eigenvalue weighted by atomic mass is 10.0. The normalized spacial score (nSPS) is 20.7. The van der Waals surface area contributed by atoms with Gasteiger partial charge in [0.15, 0.2) is 12.2 Å². The van der Waals surface area contributed by atoms with Crippen LogP contribution in [0.3, 0.4) is 0 Å². The third-order valence-electron chi connectivity index (χ3n) is 7.55. The average molecular weight is 595 g/mol. The van der Waals surface area contributed by atoms with Crippen LogP contribution >= 0.6 is 0 Å². The van der Waals surface area contributed by atoms with Gasteiger partial charge in [0, 0.05) is 6.08 Å². The van der Waals surface area contributed by atoms with E-state index in [-0.39, 0.29) is 13.2 Å². The Hall–Kier alpha value is -3.69. The van der Waals surface area contributed by atoms with Gasteiger partial charge >= 0.3 is 17.9 Å². The van der Waals surface area contributed by atoms with Gasteiger partial charge in [0.05, 0.1) is 37.6 Å². The second kappa shape index (κ2) is 16.8. The molecule has 0 unspecified atom stereocenters. The molecule has 2 aromatic carbocycles. The first kappa shape index (κ1) is 32.2. The van der Waals surface area contributed by atoms with Gasteiger partial charge in [0.25, 0.3) is 0 Å². The Bertz CT molecular complexity index is 1190. The van der Waals surface area contributed by atoms with Crippen LogP contribution in [0.1, 0.15) is 78.1 Å². The number of ether oxygens (including phenoxy) is 6. The number of esters is 3. The third-order valence-corrected chi connectivity index (χ3v) is 7.55. The highest BCUT2D eigenvalue weighted by atomic mass is 16.7. The van der Waals surface area contributed by atoms with Crippen LogP contribution < -0.4 is 4.74 Å². The molecule has 9 heteroatoms. The first-order chi connectivity index (χ1) is 21.0. The quantitative estimate of drug-likeness (QED) is 0.0996. The average Bonchev–Trinajstić information content (AvgIpc) is 3.62. The topological polar surface area (TPSA) is 107 Å². The molecule has 2 fully saturated rings. The molecule has 2 aliphatic rings. The summed E-state index contributed by atoms with van der Waals surface area (Å²) < 4.78 is 33.7. The Balaban J connectivity index is 1.17. The number of aryl methyl sites for hydroxylation is 1. The molecule has 0 spiro atoms. The zero-order valence-corrected chi connectivity index (χ0v) is 24.9. The van der Waals surface area contributed by atoms with Gasteiger partial charge in [-0.2, -0.15) is 0 Å². The first-order valence-corrected chi connectivity index (χ1v) is 15.2. The van der Waals surface area contributed by atoms with Crippen LogP contribution in [0, 0.1) is 0 Å². The second-order valence-corrected chi connectivity index (χ2v) is 10.8. The molecule has 0 aromatic heterocycles. The molecule has 43 heavy (non-hydrogen) atoms. The number of carbonyl (C=O) groups is 3. The summed E-state index contributed by atoms with van der Waals surface area (Å²) in [5.74, 6) is -0.749. The molecule has 2 aliphatic heterocycles. The fourth-order valence-electron chi connectivity index (χ4n) is 5.10. The maximum atomic E-state index is 12.8. The van der Waals surface area contributed by atoms with Crippen LogP contribution in [-0.4, -0.2) is 68.8 Å². The summed E-state index contributed by atoms with van der Waals surface area (Å²) in [5.41, 5.74) is 2.07. The Labute approximate surface area is 253 Å². The number of fused-ring (bicyclic) bond motifs is 1. The molecule has 9 nitrogen and oxygen atoms in total. The molecular formula is C34H42O9. The van der Waals surface area contributed by atoms with E-state index < -0.39 is 42.3 Å². The largest absolute Gasteiger partial charge is 0.494 e. The van der Waals surface area contributed by atoms with Crippen molar-refractivity contribution in [3.05, 3.63) is 77.9 Å². The van der Waals surface area contributed by atoms with Crippen molar-refractivity contribution >= 4 is 17.9 Å². The van der Waals surface area contributed by atoms with Crippen molar-refractivity contribution in [1.29, 1.82) is 0 Å². The van der Waals surface area contributed by atoms with Crippen LogP contribution in [-0.2, 0) is 34.9 Å². The fraction of sp³-hybridized carbons (Fsp3) is 0.500. The van der Waals surface area contributed by atoms with E-state index in [2.05, 4.69) is 13.5 Å². The van der Waals surface area contributed by atoms with Crippen molar-refractivity contribution in [3.8, 4) is 5.75 Å². The summed E-state index contributed by atoms with van der Waals surface area (Å²) in [5, 5.41) is 0. The van der Waals surface area contributed by atoms with Gasteiger partial charge in [-0.05, 0) is 67.6 Å². The number of rotatable bonds is 17. The van der Waals surface area contributed by atoms with E-state index in [9.17, 15) is 14.4 Å². The summed E-state index contributed by atoms with van der Waals surface area (Å²) in [6, 6.07) is 14.2. The third kappa shape index (κ3) is 9.66. The highest BCUT2D eigenvalue weighted by Crippen LogP contribution is 2.31. The van der Waals surface area contributed by atoms with Gasteiger partial charge in [-0.3, -0.25) is 0 Å². The molecule has 4 atom stereocenters. The van der Waals surface area contributed by atoms with Crippen LogP contribution in [0.4, 0.5) is 0 Å². The van der Waals surface area contributed by atoms with E-state index in [4.69, 9.17) is 28.4 Å². The Morgan fingerprint density at radius 1 is 0.767 bits per heavy atom. The minimum atomic E-state index is -0.607. The lowest BCUT2D eigenvalue weighted by molar-refractivity contribution is -0.137. The van der Waals surface area contributed by atoms with Crippen molar-refractivity contribution in [3.63, 3.8) is 0 Å². The van der Waals surface area contributed by atoms with E-state index >= 15 is 0 Å².